The number of carbonyl (C=O) groups excluding carboxylic acids is 2. The predicted octanol–water partition coefficient (Wildman–Crippen LogP) is 4.55. The van der Waals surface area contributed by atoms with Crippen molar-refractivity contribution in [1.82, 2.24) is 15.8 Å². The van der Waals surface area contributed by atoms with Crippen LogP contribution in [0, 0.1) is 11.3 Å². The largest absolute Gasteiger partial charge is 0.466 e. The van der Waals surface area contributed by atoms with Crippen LogP contribution in [0.15, 0.2) is 58.2 Å². The molecular weight excluding hydrogens is 531 g/mol. The fourth-order valence-electron chi connectivity index (χ4n) is 4.54. The standard InChI is InChI=1S/C23H19BrF3N5O3/c1-12-18(20(33)35-3)19(16-8-7-13(11-28)9-17(16)24)32-21(34)29-30-22(32,2)31(12)15-6-4-5-14(10-15)23(25,26)27/h4-10,19,30H,1-3H3,(H,29,34). The minimum absolute atomic E-state index is 0.0478. The molecule has 0 saturated carbocycles. The minimum Gasteiger partial charge on any atom is -0.466 e. The van der Waals surface area contributed by atoms with Crippen LogP contribution in [0.5, 0.6) is 0 Å². The first-order valence-electron chi connectivity index (χ1n) is 10.3. The Morgan fingerprint density at radius 2 is 1.97 bits per heavy atom. The van der Waals surface area contributed by atoms with Gasteiger partial charge in [0.2, 0.25) is 0 Å². The molecule has 4 rings (SSSR count). The quantitative estimate of drug-likeness (QED) is 0.545. The molecule has 2 atom stereocenters. The Bertz CT molecular complexity index is 1310. The van der Waals surface area contributed by atoms with Gasteiger partial charge in [-0.1, -0.05) is 28.1 Å². The van der Waals surface area contributed by atoms with Crippen LogP contribution in [0.4, 0.5) is 23.7 Å². The summed E-state index contributed by atoms with van der Waals surface area (Å²) >= 11 is 3.42. The zero-order valence-corrected chi connectivity index (χ0v) is 20.3. The zero-order valence-electron chi connectivity index (χ0n) is 18.7. The van der Waals surface area contributed by atoms with Gasteiger partial charge in [0.15, 0.2) is 5.79 Å². The van der Waals surface area contributed by atoms with Crippen molar-refractivity contribution >= 4 is 33.6 Å². The number of nitrogens with one attached hydrogen (secondary N) is 2. The summed E-state index contributed by atoms with van der Waals surface area (Å²) in [5.41, 5.74) is 5.76. The van der Waals surface area contributed by atoms with E-state index in [1.807, 2.05) is 6.07 Å². The van der Waals surface area contributed by atoms with Crippen LogP contribution in [-0.4, -0.2) is 29.8 Å². The number of nitrogens with zero attached hydrogens (tertiary/aromatic N) is 3. The van der Waals surface area contributed by atoms with E-state index in [1.54, 1.807) is 32.0 Å². The maximum Gasteiger partial charge on any atom is 0.416 e. The van der Waals surface area contributed by atoms with Gasteiger partial charge in [-0.2, -0.15) is 23.9 Å². The third kappa shape index (κ3) is 3.90. The molecule has 2 N–H and O–H groups in total. The minimum atomic E-state index is -4.59. The average Bonchev–Trinajstić information content (AvgIpc) is 3.11. The number of hydrogen-bond acceptors (Lipinski definition) is 6. The van der Waals surface area contributed by atoms with Gasteiger partial charge in [-0.15, -0.1) is 0 Å². The molecule has 0 aromatic heterocycles. The van der Waals surface area contributed by atoms with Crippen molar-refractivity contribution in [1.29, 1.82) is 5.26 Å². The van der Waals surface area contributed by atoms with Crippen molar-refractivity contribution in [2.24, 2.45) is 0 Å². The second-order valence-corrected chi connectivity index (χ2v) is 8.93. The summed E-state index contributed by atoms with van der Waals surface area (Å²) in [6.07, 6.45) is -4.59. The first-order chi connectivity index (χ1) is 16.4. The molecule has 1 fully saturated rings. The predicted molar refractivity (Wildman–Crippen MR) is 122 cm³/mol. The van der Waals surface area contributed by atoms with E-state index in [2.05, 4.69) is 26.8 Å². The normalized spacial score (nSPS) is 22.0. The van der Waals surface area contributed by atoms with E-state index in [0.29, 0.717) is 15.6 Å². The molecular formula is C23H19BrF3N5O3. The van der Waals surface area contributed by atoms with Gasteiger partial charge in [-0.3, -0.25) is 10.3 Å². The topological polar surface area (TPSA) is 97.7 Å². The van der Waals surface area contributed by atoms with Crippen LogP contribution in [0.1, 0.15) is 36.6 Å². The second kappa shape index (κ2) is 8.58. The molecule has 8 nitrogen and oxygen atoms in total. The van der Waals surface area contributed by atoms with Crippen molar-refractivity contribution in [3.8, 4) is 6.07 Å². The number of carbonyl (C=O) groups is 2. The molecule has 2 aliphatic rings. The van der Waals surface area contributed by atoms with E-state index in [-0.39, 0.29) is 17.0 Å². The van der Waals surface area contributed by atoms with Gasteiger partial charge in [0.1, 0.15) is 0 Å². The molecule has 35 heavy (non-hydrogen) atoms. The number of methoxy groups -OCH3 is 1. The Kier molecular flexibility index (Phi) is 6.02. The van der Waals surface area contributed by atoms with Gasteiger partial charge < -0.3 is 9.64 Å². The van der Waals surface area contributed by atoms with Crippen molar-refractivity contribution in [2.75, 3.05) is 12.0 Å². The van der Waals surface area contributed by atoms with E-state index >= 15 is 0 Å². The molecule has 0 spiro atoms. The van der Waals surface area contributed by atoms with E-state index in [4.69, 9.17) is 4.74 Å². The summed E-state index contributed by atoms with van der Waals surface area (Å²) in [5.74, 6) is -2.18. The molecule has 0 aliphatic carbocycles. The van der Waals surface area contributed by atoms with E-state index in [1.165, 1.54) is 29.0 Å². The van der Waals surface area contributed by atoms with E-state index in [0.717, 1.165) is 12.1 Å². The monoisotopic (exact) mass is 549 g/mol. The molecule has 2 heterocycles. The Labute approximate surface area is 207 Å². The van der Waals surface area contributed by atoms with Gasteiger partial charge in [0.05, 0.1) is 35.9 Å². The number of fused-ring (bicyclic) bond motifs is 1. The van der Waals surface area contributed by atoms with Crippen LogP contribution in [0.3, 0.4) is 0 Å². The van der Waals surface area contributed by atoms with Crippen LogP contribution < -0.4 is 15.8 Å². The molecule has 2 aromatic rings. The lowest BCUT2D eigenvalue weighted by Crippen LogP contribution is -2.66. The number of rotatable bonds is 3. The summed E-state index contributed by atoms with van der Waals surface area (Å²) in [6.45, 7) is 3.18. The average molecular weight is 550 g/mol. The third-order valence-electron chi connectivity index (χ3n) is 6.05. The number of ether oxygens (including phenoxy) is 1. The summed E-state index contributed by atoms with van der Waals surface area (Å²) in [7, 11) is 1.18. The first-order valence-corrected chi connectivity index (χ1v) is 11.1. The van der Waals surface area contributed by atoms with Gasteiger partial charge in [0, 0.05) is 15.9 Å². The number of benzene rings is 2. The van der Waals surface area contributed by atoms with Crippen molar-refractivity contribution in [3.63, 3.8) is 0 Å². The molecule has 2 aromatic carbocycles. The summed E-state index contributed by atoms with van der Waals surface area (Å²) < 4.78 is 45.9. The SMILES string of the molecule is COC(=O)C1=C(C)N(c2cccc(C(F)(F)F)c2)C2(C)NNC(=O)N2C1c1ccc(C#N)cc1Br. The Morgan fingerprint density at radius 3 is 2.57 bits per heavy atom. The number of anilines is 1. The van der Waals surface area contributed by atoms with E-state index < -0.39 is 35.6 Å². The molecule has 2 aliphatic heterocycles. The lowest BCUT2D eigenvalue weighted by atomic mass is 9.90. The van der Waals surface area contributed by atoms with Crippen LogP contribution in [-0.2, 0) is 15.7 Å². The number of nitriles is 1. The number of esters is 1. The first kappa shape index (κ1) is 24.6. The van der Waals surface area contributed by atoms with Crippen LogP contribution >= 0.6 is 15.9 Å². The fraction of sp³-hybridized carbons (Fsp3) is 0.261. The Balaban J connectivity index is 2.02. The smallest absolute Gasteiger partial charge is 0.416 e. The molecule has 2 amide bonds. The molecule has 182 valence electrons. The molecule has 1 saturated heterocycles. The van der Waals surface area contributed by atoms with Gasteiger partial charge >= 0.3 is 18.2 Å². The maximum absolute atomic E-state index is 13.5. The summed E-state index contributed by atoms with van der Waals surface area (Å²) in [5, 5.41) is 9.23. The summed E-state index contributed by atoms with van der Waals surface area (Å²) in [4.78, 5) is 28.9. The van der Waals surface area contributed by atoms with Crippen molar-refractivity contribution in [2.45, 2.75) is 31.9 Å². The molecule has 0 radical (unpaired) electrons. The number of hydrazine groups is 1. The molecule has 12 heteroatoms. The maximum atomic E-state index is 13.5. The zero-order chi connectivity index (χ0) is 25.7. The number of hydrogen-bond donors (Lipinski definition) is 2. The van der Waals surface area contributed by atoms with Crippen molar-refractivity contribution in [3.05, 3.63) is 74.9 Å². The third-order valence-corrected chi connectivity index (χ3v) is 6.73. The molecule has 0 bridgehead atoms. The van der Waals surface area contributed by atoms with Gasteiger partial charge in [-0.05, 0) is 49.7 Å². The lowest BCUT2D eigenvalue weighted by Gasteiger charge is -2.52. The number of allylic oxidation sites excluding steroid dienone is 1. The summed E-state index contributed by atoms with van der Waals surface area (Å²) in [6, 6.07) is 9.72. The van der Waals surface area contributed by atoms with Gasteiger partial charge in [-0.25, -0.2) is 9.59 Å². The van der Waals surface area contributed by atoms with E-state index in [9.17, 15) is 28.0 Å². The van der Waals surface area contributed by atoms with Crippen LogP contribution in [0.2, 0.25) is 0 Å². The lowest BCUT2D eigenvalue weighted by molar-refractivity contribution is -0.138. The van der Waals surface area contributed by atoms with Crippen LogP contribution in [0.25, 0.3) is 0 Å². The Hall–Kier alpha value is -3.56. The highest BCUT2D eigenvalue weighted by atomic mass is 79.9. The Morgan fingerprint density at radius 1 is 1.26 bits per heavy atom. The fourth-order valence-corrected chi connectivity index (χ4v) is 5.14. The highest BCUT2D eigenvalue weighted by Crippen LogP contribution is 2.48. The van der Waals surface area contributed by atoms with Gasteiger partial charge in [0.25, 0.3) is 0 Å². The number of amides is 2. The number of urea groups is 1. The second-order valence-electron chi connectivity index (χ2n) is 8.07. The molecule has 2 unspecified atom stereocenters. The van der Waals surface area contributed by atoms with Crippen molar-refractivity contribution < 1.29 is 27.5 Å². The highest BCUT2D eigenvalue weighted by Gasteiger charge is 2.57. The number of halogens is 4. The number of alkyl halides is 3. The highest BCUT2D eigenvalue weighted by molar-refractivity contribution is 9.10.